The zero-order chi connectivity index (χ0) is 12.7. The van der Waals surface area contributed by atoms with Crippen molar-refractivity contribution < 1.29 is 9.53 Å². The van der Waals surface area contributed by atoms with E-state index in [9.17, 15) is 4.79 Å². The van der Waals surface area contributed by atoms with E-state index in [1.807, 2.05) is 0 Å². The van der Waals surface area contributed by atoms with Gasteiger partial charge in [-0.05, 0) is 13.3 Å². The third-order valence-corrected chi connectivity index (χ3v) is 4.76. The second-order valence-corrected chi connectivity index (χ2v) is 6.65. The van der Waals surface area contributed by atoms with E-state index in [-0.39, 0.29) is 11.9 Å². The highest BCUT2D eigenvalue weighted by Crippen LogP contribution is 2.29. The highest BCUT2D eigenvalue weighted by atomic mass is 32.2. The van der Waals surface area contributed by atoms with Crippen LogP contribution < -0.4 is 0 Å². The predicted molar refractivity (Wildman–Crippen MR) is 72.6 cm³/mol. The summed E-state index contributed by atoms with van der Waals surface area (Å²) < 4.78 is 6.73. The molecule has 1 rings (SSSR count). The van der Waals surface area contributed by atoms with Crippen LogP contribution in [0.2, 0.25) is 0 Å². The molecule has 0 amide bonds. The Bertz CT molecular complexity index is 393. The molecule has 17 heavy (non-hydrogen) atoms. The van der Waals surface area contributed by atoms with Crippen molar-refractivity contribution in [3.05, 3.63) is 12.2 Å². The maximum atomic E-state index is 11.1. The van der Waals surface area contributed by atoms with Gasteiger partial charge in [-0.3, -0.25) is 0 Å². The van der Waals surface area contributed by atoms with Crippen LogP contribution in [0, 0.1) is 0 Å². The first kappa shape index (κ1) is 14.5. The van der Waals surface area contributed by atoms with Crippen LogP contribution in [-0.4, -0.2) is 27.9 Å². The second kappa shape index (κ2) is 7.73. The van der Waals surface area contributed by atoms with Gasteiger partial charge in [0.1, 0.15) is 5.94 Å². The third-order valence-electron chi connectivity index (χ3n) is 1.54. The highest BCUT2D eigenvalue weighted by molar-refractivity contribution is 8.03. The van der Waals surface area contributed by atoms with Gasteiger partial charge in [0.2, 0.25) is 0 Å². The fourth-order valence-corrected chi connectivity index (χ4v) is 3.41. The number of hydrogen-bond donors (Lipinski definition) is 0. The molecule has 7 heteroatoms. The summed E-state index contributed by atoms with van der Waals surface area (Å²) in [5.41, 5.74) is 0.405. The predicted octanol–water partition coefficient (Wildman–Crippen LogP) is 3.21. The molecule has 0 unspecified atom stereocenters. The van der Waals surface area contributed by atoms with E-state index in [1.54, 1.807) is 18.7 Å². The molecule has 1 aromatic rings. The van der Waals surface area contributed by atoms with Crippen molar-refractivity contribution in [3.63, 3.8) is 0 Å². The first-order chi connectivity index (χ1) is 8.13. The number of carbonyl (C=O) groups is 1. The van der Waals surface area contributed by atoms with Crippen LogP contribution in [0.3, 0.4) is 0 Å². The highest BCUT2D eigenvalue weighted by Gasteiger charge is 2.07. The van der Waals surface area contributed by atoms with Gasteiger partial charge >= 0.3 is 5.97 Å². The summed E-state index contributed by atoms with van der Waals surface area (Å²) in [5.74, 6) is 0.922. The summed E-state index contributed by atoms with van der Waals surface area (Å²) >= 11 is 4.59. The van der Waals surface area contributed by atoms with Crippen molar-refractivity contribution in [2.75, 3.05) is 11.7 Å². The molecule has 0 aliphatic carbocycles. The van der Waals surface area contributed by atoms with Gasteiger partial charge in [-0.15, -0.1) is 10.2 Å². The van der Waals surface area contributed by atoms with Crippen LogP contribution in [0.5, 0.6) is 0 Å². The molecule has 0 spiro atoms. The van der Waals surface area contributed by atoms with E-state index in [0.717, 1.165) is 20.9 Å². The number of aromatic nitrogens is 2. The quantitative estimate of drug-likeness (QED) is 0.333. The maximum absolute atomic E-state index is 11.1. The van der Waals surface area contributed by atoms with Gasteiger partial charge in [0, 0.05) is 11.3 Å². The minimum atomic E-state index is -0.373. The number of hydrogen-bond acceptors (Lipinski definition) is 7. The Labute approximate surface area is 113 Å². The molecule has 0 aromatic carbocycles. The van der Waals surface area contributed by atoms with Gasteiger partial charge in [-0.2, -0.15) is 0 Å². The minimum Gasteiger partial charge on any atom is -0.451 e. The van der Waals surface area contributed by atoms with Gasteiger partial charge < -0.3 is 4.74 Å². The third kappa shape index (κ3) is 5.56. The smallest absolute Gasteiger partial charge is 0.333 e. The lowest BCUT2D eigenvalue weighted by molar-refractivity contribution is -0.136. The molecule has 0 fully saturated rings. The summed E-state index contributed by atoms with van der Waals surface area (Å²) in [6.45, 7) is 7.25. The second-order valence-electron chi connectivity index (χ2n) is 3.16. The zero-order valence-corrected chi connectivity index (χ0v) is 12.2. The van der Waals surface area contributed by atoms with Crippen molar-refractivity contribution in [2.45, 2.75) is 28.9 Å². The number of thioether (sulfide) groups is 2. The zero-order valence-electron chi connectivity index (χ0n) is 9.76. The van der Waals surface area contributed by atoms with E-state index >= 15 is 0 Å². The Balaban J connectivity index is 2.29. The van der Waals surface area contributed by atoms with Gasteiger partial charge in [-0.25, -0.2) is 4.79 Å². The number of nitrogens with zero attached hydrogens (tertiary/aromatic N) is 2. The Kier molecular flexibility index (Phi) is 6.61. The Morgan fingerprint density at radius 3 is 2.65 bits per heavy atom. The lowest BCUT2D eigenvalue weighted by Gasteiger charge is -2.00. The lowest BCUT2D eigenvalue weighted by Crippen LogP contribution is -2.03. The van der Waals surface area contributed by atoms with Crippen molar-refractivity contribution >= 4 is 40.8 Å². The van der Waals surface area contributed by atoms with Crippen LogP contribution in [0.1, 0.15) is 20.3 Å². The molecule has 0 saturated heterocycles. The molecular weight excluding hydrogens is 276 g/mol. The number of carbonyl (C=O) groups excluding carboxylic acids is 1. The Morgan fingerprint density at radius 2 is 2.06 bits per heavy atom. The Morgan fingerprint density at radius 1 is 1.41 bits per heavy atom. The van der Waals surface area contributed by atoms with Gasteiger partial charge in [0.25, 0.3) is 0 Å². The van der Waals surface area contributed by atoms with Gasteiger partial charge in [-0.1, -0.05) is 48.4 Å². The molecule has 0 atom stereocenters. The first-order valence-electron chi connectivity index (χ1n) is 5.05. The van der Waals surface area contributed by atoms with Crippen molar-refractivity contribution in [1.82, 2.24) is 10.2 Å². The summed E-state index contributed by atoms with van der Waals surface area (Å²) in [7, 11) is 0. The largest absolute Gasteiger partial charge is 0.451 e. The van der Waals surface area contributed by atoms with Crippen LogP contribution >= 0.6 is 34.9 Å². The fourth-order valence-electron chi connectivity index (χ4n) is 0.760. The molecule has 4 nitrogen and oxygen atoms in total. The Hall–Kier alpha value is -0.530. The number of esters is 1. The molecule has 0 N–H and O–H groups in total. The molecule has 0 radical (unpaired) electrons. The topological polar surface area (TPSA) is 52.1 Å². The van der Waals surface area contributed by atoms with E-state index in [0.29, 0.717) is 5.57 Å². The van der Waals surface area contributed by atoms with Gasteiger partial charge in [0.15, 0.2) is 8.68 Å². The number of ether oxygens (including phenoxy) is 1. The molecule has 0 aliphatic rings. The summed E-state index contributed by atoms with van der Waals surface area (Å²) in [4.78, 5) is 11.1. The lowest BCUT2D eigenvalue weighted by atomic mass is 10.4. The van der Waals surface area contributed by atoms with E-state index < -0.39 is 0 Å². The van der Waals surface area contributed by atoms with Crippen LogP contribution in [0.15, 0.2) is 20.8 Å². The van der Waals surface area contributed by atoms with Crippen molar-refractivity contribution in [2.24, 2.45) is 0 Å². The molecule has 0 bridgehead atoms. The van der Waals surface area contributed by atoms with Crippen LogP contribution in [0.4, 0.5) is 0 Å². The standard InChI is InChI=1S/C10H14N2O2S3/c1-4-5-15-9-11-12-10(17-9)16-6-14-8(13)7(2)3/h2,4-6H2,1,3H3. The van der Waals surface area contributed by atoms with E-state index in [4.69, 9.17) is 4.74 Å². The minimum absolute atomic E-state index is 0.249. The summed E-state index contributed by atoms with van der Waals surface area (Å²) in [6.07, 6.45) is 1.11. The summed E-state index contributed by atoms with van der Waals surface area (Å²) in [6, 6.07) is 0. The fraction of sp³-hybridized carbons (Fsp3) is 0.500. The first-order valence-corrected chi connectivity index (χ1v) is 7.84. The van der Waals surface area contributed by atoms with Gasteiger partial charge in [0.05, 0.1) is 0 Å². The molecule has 94 valence electrons. The monoisotopic (exact) mass is 290 g/mol. The molecule has 1 aromatic heterocycles. The van der Waals surface area contributed by atoms with Crippen LogP contribution in [0.25, 0.3) is 0 Å². The maximum Gasteiger partial charge on any atom is 0.333 e. The van der Waals surface area contributed by atoms with E-state index in [2.05, 4.69) is 23.7 Å². The average Bonchev–Trinajstić information content (AvgIpc) is 2.74. The molecule has 0 saturated carbocycles. The molecule has 0 aliphatic heterocycles. The number of rotatable bonds is 7. The average molecular weight is 290 g/mol. The molecule has 1 heterocycles. The van der Waals surface area contributed by atoms with Crippen molar-refractivity contribution in [3.8, 4) is 0 Å². The molecular formula is C10H14N2O2S3. The normalized spacial score (nSPS) is 10.2. The SMILES string of the molecule is C=C(C)C(=O)OCSc1nnc(SCCC)s1. The van der Waals surface area contributed by atoms with E-state index in [1.165, 1.54) is 23.1 Å². The summed E-state index contributed by atoms with van der Waals surface area (Å²) in [5, 5.41) is 8.05. The van der Waals surface area contributed by atoms with Crippen molar-refractivity contribution in [1.29, 1.82) is 0 Å². The van der Waals surface area contributed by atoms with Crippen LogP contribution in [-0.2, 0) is 9.53 Å².